The fraction of sp³-hybridized carbons (Fsp3) is 0.188. The molecule has 0 unspecified atom stereocenters. The van der Waals surface area contributed by atoms with Gasteiger partial charge in [0.2, 0.25) is 0 Å². The van der Waals surface area contributed by atoms with E-state index in [0.29, 0.717) is 6.54 Å². The molecule has 0 saturated carbocycles. The number of aryl methyl sites for hydroxylation is 2. The smallest absolute Gasteiger partial charge is 0.126 e. The molecule has 0 radical (unpaired) electrons. The fourth-order valence-electron chi connectivity index (χ4n) is 2.18. The Bertz CT molecular complexity index is 716. The van der Waals surface area contributed by atoms with Crippen LogP contribution in [-0.4, -0.2) is 19.7 Å². The zero-order valence-corrected chi connectivity index (χ0v) is 12.1. The molecule has 0 aromatic carbocycles. The van der Waals surface area contributed by atoms with Gasteiger partial charge in [0.25, 0.3) is 0 Å². The van der Waals surface area contributed by atoms with E-state index in [9.17, 15) is 0 Å². The van der Waals surface area contributed by atoms with E-state index in [1.807, 2.05) is 55.3 Å². The zero-order valence-electron chi connectivity index (χ0n) is 12.1. The highest BCUT2D eigenvalue weighted by Gasteiger charge is 2.09. The van der Waals surface area contributed by atoms with Gasteiger partial charge in [-0.1, -0.05) is 6.07 Å². The third kappa shape index (κ3) is 3.08. The van der Waals surface area contributed by atoms with Gasteiger partial charge in [0, 0.05) is 49.5 Å². The average Bonchev–Trinajstić information content (AvgIpc) is 2.89. The van der Waals surface area contributed by atoms with Gasteiger partial charge in [-0.25, -0.2) is 4.98 Å². The third-order valence-electron chi connectivity index (χ3n) is 3.23. The Hall–Kier alpha value is -2.69. The molecule has 0 amide bonds. The number of nitrogens with one attached hydrogen (secondary N) is 1. The van der Waals surface area contributed by atoms with Gasteiger partial charge in [0.1, 0.15) is 5.82 Å². The van der Waals surface area contributed by atoms with Crippen molar-refractivity contribution < 1.29 is 0 Å². The SMILES string of the molecule is Cc1ccc(NCc2cn(C)nc2-c2ccncc2)nc1. The van der Waals surface area contributed by atoms with E-state index in [0.717, 1.165) is 28.2 Å². The summed E-state index contributed by atoms with van der Waals surface area (Å²) in [5, 5.41) is 7.87. The third-order valence-corrected chi connectivity index (χ3v) is 3.23. The predicted octanol–water partition coefficient (Wildman–Crippen LogP) is 2.80. The molecule has 5 heteroatoms. The maximum absolute atomic E-state index is 4.54. The van der Waals surface area contributed by atoms with E-state index >= 15 is 0 Å². The van der Waals surface area contributed by atoms with Crippen LogP contribution in [0.15, 0.2) is 49.1 Å². The summed E-state index contributed by atoms with van der Waals surface area (Å²) >= 11 is 0. The lowest BCUT2D eigenvalue weighted by atomic mass is 10.1. The van der Waals surface area contributed by atoms with Crippen molar-refractivity contribution in [3.8, 4) is 11.3 Å². The Morgan fingerprint density at radius 2 is 1.95 bits per heavy atom. The highest BCUT2D eigenvalue weighted by Crippen LogP contribution is 2.21. The molecule has 21 heavy (non-hydrogen) atoms. The van der Waals surface area contributed by atoms with Gasteiger partial charge < -0.3 is 5.32 Å². The zero-order chi connectivity index (χ0) is 14.7. The predicted molar refractivity (Wildman–Crippen MR) is 82.7 cm³/mol. The number of pyridine rings is 2. The fourth-order valence-corrected chi connectivity index (χ4v) is 2.18. The summed E-state index contributed by atoms with van der Waals surface area (Å²) in [5.41, 5.74) is 4.32. The summed E-state index contributed by atoms with van der Waals surface area (Å²) in [5.74, 6) is 0.866. The topological polar surface area (TPSA) is 55.6 Å². The molecule has 0 atom stereocenters. The molecular weight excluding hydrogens is 262 g/mol. The first-order valence-electron chi connectivity index (χ1n) is 6.82. The largest absolute Gasteiger partial charge is 0.366 e. The lowest BCUT2D eigenvalue weighted by Gasteiger charge is -2.06. The quantitative estimate of drug-likeness (QED) is 0.798. The van der Waals surface area contributed by atoms with Crippen LogP contribution in [0.2, 0.25) is 0 Å². The summed E-state index contributed by atoms with van der Waals surface area (Å²) in [7, 11) is 1.93. The average molecular weight is 279 g/mol. The van der Waals surface area contributed by atoms with Crippen LogP contribution in [0.1, 0.15) is 11.1 Å². The van der Waals surface area contributed by atoms with Gasteiger partial charge in [-0.2, -0.15) is 5.10 Å². The van der Waals surface area contributed by atoms with Crippen molar-refractivity contribution in [2.45, 2.75) is 13.5 Å². The summed E-state index contributed by atoms with van der Waals surface area (Å²) in [6.45, 7) is 2.71. The van der Waals surface area contributed by atoms with Crippen LogP contribution in [-0.2, 0) is 13.6 Å². The molecule has 0 saturated heterocycles. The summed E-state index contributed by atoms with van der Waals surface area (Å²) < 4.78 is 1.83. The van der Waals surface area contributed by atoms with E-state index in [-0.39, 0.29) is 0 Å². The number of hydrogen-bond donors (Lipinski definition) is 1. The lowest BCUT2D eigenvalue weighted by Crippen LogP contribution is -2.01. The van der Waals surface area contributed by atoms with Crippen LogP contribution in [0.5, 0.6) is 0 Å². The molecule has 0 aliphatic rings. The second-order valence-corrected chi connectivity index (χ2v) is 4.99. The Kier molecular flexibility index (Phi) is 3.64. The van der Waals surface area contributed by atoms with Crippen molar-refractivity contribution in [1.82, 2.24) is 19.7 Å². The molecule has 5 nitrogen and oxygen atoms in total. The van der Waals surface area contributed by atoms with Crippen molar-refractivity contribution in [3.63, 3.8) is 0 Å². The molecule has 3 rings (SSSR count). The number of anilines is 1. The van der Waals surface area contributed by atoms with Crippen molar-refractivity contribution in [3.05, 3.63) is 60.2 Å². The maximum atomic E-state index is 4.54. The molecule has 0 aliphatic carbocycles. The summed E-state index contributed by atoms with van der Waals surface area (Å²) in [4.78, 5) is 8.40. The number of nitrogens with zero attached hydrogens (tertiary/aromatic N) is 4. The van der Waals surface area contributed by atoms with Crippen LogP contribution in [0, 0.1) is 6.92 Å². The minimum Gasteiger partial charge on any atom is -0.366 e. The van der Waals surface area contributed by atoms with Crippen LogP contribution in [0.4, 0.5) is 5.82 Å². The van der Waals surface area contributed by atoms with Crippen LogP contribution in [0.3, 0.4) is 0 Å². The van der Waals surface area contributed by atoms with Crippen LogP contribution >= 0.6 is 0 Å². The summed E-state index contributed by atoms with van der Waals surface area (Å²) in [6, 6.07) is 7.96. The van der Waals surface area contributed by atoms with Gasteiger partial charge in [-0.3, -0.25) is 9.67 Å². The second kappa shape index (κ2) is 5.75. The minimum absolute atomic E-state index is 0.682. The molecule has 1 N–H and O–H groups in total. The van der Waals surface area contributed by atoms with Gasteiger partial charge in [-0.15, -0.1) is 0 Å². The Morgan fingerprint density at radius 1 is 1.14 bits per heavy atom. The van der Waals surface area contributed by atoms with Crippen molar-refractivity contribution >= 4 is 5.82 Å². The van der Waals surface area contributed by atoms with E-state index in [2.05, 4.69) is 20.4 Å². The Balaban J connectivity index is 1.81. The first-order chi connectivity index (χ1) is 10.2. The monoisotopic (exact) mass is 279 g/mol. The second-order valence-electron chi connectivity index (χ2n) is 4.99. The highest BCUT2D eigenvalue weighted by atomic mass is 15.3. The number of rotatable bonds is 4. The Morgan fingerprint density at radius 3 is 2.67 bits per heavy atom. The molecule has 3 aromatic heterocycles. The molecule has 3 heterocycles. The molecule has 0 spiro atoms. The van der Waals surface area contributed by atoms with E-state index in [1.54, 1.807) is 12.4 Å². The molecule has 0 fully saturated rings. The lowest BCUT2D eigenvalue weighted by molar-refractivity contribution is 0.770. The van der Waals surface area contributed by atoms with Crippen molar-refractivity contribution in [2.75, 3.05) is 5.32 Å². The van der Waals surface area contributed by atoms with Gasteiger partial charge in [0.05, 0.1) is 5.69 Å². The van der Waals surface area contributed by atoms with Crippen LogP contribution < -0.4 is 5.32 Å². The van der Waals surface area contributed by atoms with Crippen molar-refractivity contribution in [1.29, 1.82) is 0 Å². The molecular formula is C16H17N5. The molecule has 106 valence electrons. The normalized spacial score (nSPS) is 10.6. The summed E-state index contributed by atoms with van der Waals surface area (Å²) in [6.07, 6.45) is 7.44. The van der Waals surface area contributed by atoms with Crippen LogP contribution in [0.25, 0.3) is 11.3 Å². The van der Waals surface area contributed by atoms with Gasteiger partial charge >= 0.3 is 0 Å². The van der Waals surface area contributed by atoms with Gasteiger partial charge in [-0.05, 0) is 30.7 Å². The first kappa shape index (κ1) is 13.3. The number of aromatic nitrogens is 4. The Labute approximate surface area is 123 Å². The molecule has 0 bridgehead atoms. The molecule has 3 aromatic rings. The highest BCUT2D eigenvalue weighted by molar-refractivity contribution is 5.62. The van der Waals surface area contributed by atoms with Gasteiger partial charge in [0.15, 0.2) is 0 Å². The minimum atomic E-state index is 0.682. The number of hydrogen-bond acceptors (Lipinski definition) is 4. The van der Waals surface area contributed by atoms with E-state index < -0.39 is 0 Å². The van der Waals surface area contributed by atoms with E-state index in [1.165, 1.54) is 0 Å². The maximum Gasteiger partial charge on any atom is 0.126 e. The first-order valence-corrected chi connectivity index (χ1v) is 6.82. The van der Waals surface area contributed by atoms with Crippen molar-refractivity contribution in [2.24, 2.45) is 7.05 Å². The van der Waals surface area contributed by atoms with E-state index in [4.69, 9.17) is 0 Å². The molecule has 0 aliphatic heterocycles. The standard InChI is InChI=1S/C16H17N5/c1-12-3-4-15(18-9-12)19-10-14-11-21(2)20-16(14)13-5-7-17-8-6-13/h3-9,11H,10H2,1-2H3,(H,18,19).